The number of pyridine rings is 1. The molecule has 394 valence electrons. The zero-order chi connectivity index (χ0) is 53.0. The summed E-state index contributed by atoms with van der Waals surface area (Å²) in [6.45, 7) is 1.52. The molecular weight excluding hydrogens is 965 g/mol. The highest BCUT2D eigenvalue weighted by atomic mass is 16.7. The van der Waals surface area contributed by atoms with Crippen LogP contribution in [0.2, 0.25) is 0 Å². The minimum atomic E-state index is -1.98. The van der Waals surface area contributed by atoms with Gasteiger partial charge in [0.05, 0.1) is 17.6 Å². The standard InChI is InChI=1S/C50H60N10O14/c51-30-55-49(56-35-11-7-20-52-28-35)54-21-4-3-8-31-18-24-59(25-19-31)46(68)33-9-6-10-34(27-33)57-50(71)72-29-32-13-14-37(73-48-44(67)42(65)43(66)45(74-48)47(69)70)36(26-32)58-39(62)17-22-53-38(61)12-2-1-5-23-60-40(63)15-16-41(60)64/h6-7,9-11,13-16,20,26-28,31,42-45,48,65-67H,1-5,8,12,17-19,21-25,29H2,(H,53,61)(H,57,71)(H,58,62)(H,69,70)(H2,54,55,56)/t42-,43-,44+,45-,48+/m0/s1. The van der Waals surface area contributed by atoms with Crippen LogP contribution in [0.1, 0.15) is 80.1 Å². The molecule has 2 fully saturated rings. The number of ether oxygens (including phenoxy) is 3. The summed E-state index contributed by atoms with van der Waals surface area (Å²) < 4.78 is 16.5. The number of nitriles is 1. The van der Waals surface area contributed by atoms with E-state index in [1.807, 2.05) is 12.3 Å². The Bertz CT molecular complexity index is 2550. The second-order valence-electron chi connectivity index (χ2n) is 17.7. The number of aliphatic imine (C=N–C) groups is 1. The van der Waals surface area contributed by atoms with Crippen molar-refractivity contribution in [3.63, 3.8) is 0 Å². The van der Waals surface area contributed by atoms with Crippen LogP contribution in [0.3, 0.4) is 0 Å². The molecule has 0 saturated carbocycles. The molecule has 0 aliphatic carbocycles. The first kappa shape index (κ1) is 55.3. The van der Waals surface area contributed by atoms with Crippen LogP contribution in [0.5, 0.6) is 5.75 Å². The second kappa shape index (κ2) is 27.7. The minimum absolute atomic E-state index is 0.0495. The van der Waals surface area contributed by atoms with Crippen LogP contribution < -0.4 is 31.3 Å². The Balaban J connectivity index is 0.969. The average molecular weight is 1030 g/mol. The SMILES string of the molecule is N#CNC(=NCCCCC1CCN(C(=O)c2cccc(NC(=O)OCc3ccc(O[C@@H]4O[C@H](C(=O)O)[C@@H](O)[C@H](O)[C@H]4O)c(NC(=O)CCNC(=O)CCCCCN4C(=O)C=CC4=O)c3)c2)CC1)Nc1cccnc1. The third-order valence-corrected chi connectivity index (χ3v) is 12.3. The Morgan fingerprint density at radius 1 is 0.838 bits per heavy atom. The van der Waals surface area contributed by atoms with Crippen LogP contribution in [-0.2, 0) is 40.1 Å². The molecule has 0 spiro atoms. The number of carboxylic acids is 1. The van der Waals surface area contributed by atoms with Crippen LogP contribution in [0.25, 0.3) is 0 Å². The first-order chi connectivity index (χ1) is 35.7. The van der Waals surface area contributed by atoms with Gasteiger partial charge in [0.15, 0.2) is 12.3 Å². The molecule has 2 aromatic carbocycles. The molecule has 0 bridgehead atoms. The lowest BCUT2D eigenvalue weighted by Gasteiger charge is -2.38. The fourth-order valence-corrected chi connectivity index (χ4v) is 8.25. The van der Waals surface area contributed by atoms with Crippen molar-refractivity contribution >= 4 is 64.6 Å². The molecule has 9 N–H and O–H groups in total. The number of anilines is 3. The number of amides is 6. The highest BCUT2D eigenvalue weighted by Gasteiger charge is 2.48. The summed E-state index contributed by atoms with van der Waals surface area (Å²) in [6.07, 6.45) is 2.97. The average Bonchev–Trinajstić information content (AvgIpc) is 3.71. The molecule has 0 radical (unpaired) electrons. The van der Waals surface area contributed by atoms with Gasteiger partial charge in [-0.25, -0.2) is 9.59 Å². The van der Waals surface area contributed by atoms with Crippen molar-refractivity contribution in [1.29, 1.82) is 5.26 Å². The molecule has 6 rings (SSSR count). The zero-order valence-corrected chi connectivity index (χ0v) is 40.4. The first-order valence-electron chi connectivity index (χ1n) is 24.2. The summed E-state index contributed by atoms with van der Waals surface area (Å²) in [4.78, 5) is 98.8. The number of benzene rings is 2. The Kier molecular flexibility index (Phi) is 20.7. The third kappa shape index (κ3) is 16.5. The van der Waals surface area contributed by atoms with Gasteiger partial charge < -0.3 is 55.5 Å². The Morgan fingerprint density at radius 2 is 1.61 bits per heavy atom. The van der Waals surface area contributed by atoms with Crippen molar-refractivity contribution in [2.75, 3.05) is 48.7 Å². The predicted octanol–water partition coefficient (Wildman–Crippen LogP) is 2.59. The normalized spacial score (nSPS) is 19.8. The second-order valence-corrected chi connectivity index (χ2v) is 17.7. The number of hydrogen-bond acceptors (Lipinski definition) is 16. The summed E-state index contributed by atoms with van der Waals surface area (Å²) in [5.41, 5.74) is 1.66. The van der Waals surface area contributed by atoms with Crippen molar-refractivity contribution < 1.29 is 68.2 Å². The highest BCUT2D eigenvalue weighted by molar-refractivity contribution is 6.12. The molecule has 6 amide bonds. The van der Waals surface area contributed by atoms with E-state index >= 15 is 0 Å². The number of nitrogens with one attached hydrogen (secondary N) is 5. The van der Waals surface area contributed by atoms with E-state index in [0.717, 1.165) is 37.0 Å². The van der Waals surface area contributed by atoms with Gasteiger partial charge in [0.25, 0.3) is 17.7 Å². The van der Waals surface area contributed by atoms with Crippen molar-refractivity contribution in [2.24, 2.45) is 10.9 Å². The van der Waals surface area contributed by atoms with Gasteiger partial charge >= 0.3 is 12.1 Å². The maximum atomic E-state index is 13.5. The largest absolute Gasteiger partial charge is 0.479 e. The topological polar surface area (TPSA) is 344 Å². The number of aliphatic carboxylic acids is 1. The van der Waals surface area contributed by atoms with Crippen molar-refractivity contribution in [3.8, 4) is 11.9 Å². The number of rotatable bonds is 23. The van der Waals surface area contributed by atoms with E-state index in [-0.39, 0.29) is 67.6 Å². The number of guanidine groups is 1. The molecule has 24 heteroatoms. The fraction of sp³-hybridized carbons (Fsp3) is 0.440. The number of piperidine rings is 1. The highest BCUT2D eigenvalue weighted by Crippen LogP contribution is 2.32. The van der Waals surface area contributed by atoms with E-state index in [2.05, 4.69) is 36.6 Å². The lowest BCUT2D eigenvalue weighted by molar-refractivity contribution is -0.271. The Labute approximate surface area is 425 Å². The Morgan fingerprint density at radius 3 is 2.34 bits per heavy atom. The first-order valence-corrected chi connectivity index (χ1v) is 24.2. The van der Waals surface area contributed by atoms with E-state index in [0.29, 0.717) is 73.3 Å². The molecule has 3 aliphatic rings. The molecule has 5 atom stereocenters. The number of carboxylic acid groups (broad SMARTS) is 1. The summed E-state index contributed by atoms with van der Waals surface area (Å²) in [5, 5.41) is 63.2. The molecule has 2 saturated heterocycles. The predicted molar refractivity (Wildman–Crippen MR) is 264 cm³/mol. The molecule has 4 heterocycles. The minimum Gasteiger partial charge on any atom is -0.479 e. The third-order valence-electron chi connectivity index (χ3n) is 12.3. The number of nitrogens with zero attached hydrogens (tertiary/aromatic N) is 5. The number of likely N-dealkylation sites (tertiary alicyclic amines) is 1. The molecule has 24 nitrogen and oxygen atoms in total. The van der Waals surface area contributed by atoms with Crippen molar-refractivity contribution in [1.82, 2.24) is 25.4 Å². The van der Waals surface area contributed by atoms with Gasteiger partial charge in [-0.3, -0.25) is 49.5 Å². The summed E-state index contributed by atoms with van der Waals surface area (Å²) in [7, 11) is 0. The summed E-state index contributed by atoms with van der Waals surface area (Å²) in [6, 6.07) is 14.2. The zero-order valence-electron chi connectivity index (χ0n) is 40.4. The van der Waals surface area contributed by atoms with Gasteiger partial charge in [-0.05, 0) is 86.1 Å². The summed E-state index contributed by atoms with van der Waals surface area (Å²) >= 11 is 0. The lowest BCUT2D eigenvalue weighted by Crippen LogP contribution is -2.61. The van der Waals surface area contributed by atoms with Crippen molar-refractivity contribution in [2.45, 2.75) is 102 Å². The van der Waals surface area contributed by atoms with Gasteiger partial charge in [0.2, 0.25) is 24.1 Å². The van der Waals surface area contributed by atoms with Crippen LogP contribution in [0, 0.1) is 17.4 Å². The molecule has 74 heavy (non-hydrogen) atoms. The summed E-state index contributed by atoms with van der Waals surface area (Å²) in [5.74, 6) is -2.87. The molecule has 0 unspecified atom stereocenters. The van der Waals surface area contributed by atoms with Gasteiger partial charge in [-0.1, -0.05) is 31.4 Å². The number of carbonyl (C=O) groups is 7. The quantitative estimate of drug-likeness (QED) is 0.0165. The molecule has 3 aliphatic heterocycles. The molecule has 3 aromatic rings. The maximum absolute atomic E-state index is 13.5. The number of hydrogen-bond donors (Lipinski definition) is 9. The van der Waals surface area contributed by atoms with Crippen LogP contribution in [-0.4, -0.2) is 146 Å². The number of aromatic nitrogens is 1. The van der Waals surface area contributed by atoms with Crippen LogP contribution in [0.15, 0.2) is 84.1 Å². The Hall–Kier alpha value is -7.98. The fourth-order valence-electron chi connectivity index (χ4n) is 8.25. The van der Waals surface area contributed by atoms with Gasteiger partial charge in [0, 0.05) is 75.2 Å². The molecular formula is C50H60N10O14. The smallest absolute Gasteiger partial charge is 0.411 e. The lowest BCUT2D eigenvalue weighted by atomic mass is 9.91. The maximum Gasteiger partial charge on any atom is 0.411 e. The van der Waals surface area contributed by atoms with Gasteiger partial charge in [-0.15, -0.1) is 0 Å². The van der Waals surface area contributed by atoms with Gasteiger partial charge in [0.1, 0.15) is 30.7 Å². The monoisotopic (exact) mass is 1020 g/mol. The number of carbonyl (C=O) groups excluding carboxylic acids is 6. The van der Waals surface area contributed by atoms with Crippen LogP contribution >= 0.6 is 0 Å². The number of unbranched alkanes of at least 4 members (excludes halogenated alkanes) is 3. The number of aliphatic hydroxyl groups is 3. The number of aliphatic hydroxyl groups excluding tert-OH is 3. The molecule has 1 aromatic heterocycles. The van der Waals surface area contributed by atoms with Gasteiger partial charge in [-0.2, -0.15) is 5.26 Å². The van der Waals surface area contributed by atoms with E-state index in [9.17, 15) is 54.0 Å². The van der Waals surface area contributed by atoms with E-state index in [1.54, 1.807) is 47.6 Å². The van der Waals surface area contributed by atoms with E-state index in [1.165, 1.54) is 30.4 Å². The van der Waals surface area contributed by atoms with Crippen molar-refractivity contribution in [3.05, 3.63) is 90.3 Å². The van der Waals surface area contributed by atoms with E-state index in [4.69, 9.17) is 19.5 Å². The number of imide groups is 1. The van der Waals surface area contributed by atoms with Crippen LogP contribution in [0.4, 0.5) is 21.9 Å². The van der Waals surface area contributed by atoms with E-state index < -0.39 is 48.7 Å².